The van der Waals surface area contributed by atoms with E-state index in [-0.39, 0.29) is 11.4 Å². The molecule has 0 aliphatic heterocycles. The van der Waals surface area contributed by atoms with Crippen molar-refractivity contribution >= 4 is 11.4 Å². The Hall–Kier alpha value is -2.56. The molecule has 0 radical (unpaired) electrons. The van der Waals surface area contributed by atoms with Crippen LogP contribution in [-0.2, 0) is 6.54 Å². The normalized spacial score (nSPS) is 10.1. The van der Waals surface area contributed by atoms with E-state index in [4.69, 9.17) is 4.74 Å². The van der Waals surface area contributed by atoms with Crippen LogP contribution in [0.5, 0.6) is 5.75 Å². The number of aryl methyl sites for hydroxylation is 1. The lowest BCUT2D eigenvalue weighted by Gasteiger charge is -2.08. The average molecular weight is 272 g/mol. The highest BCUT2D eigenvalue weighted by Crippen LogP contribution is 2.29. The monoisotopic (exact) mass is 272 g/mol. The lowest BCUT2D eigenvalue weighted by Crippen LogP contribution is -2.01. The molecule has 2 aromatic carbocycles. The Morgan fingerprint density at radius 1 is 1.25 bits per heavy atom. The molecule has 0 bridgehead atoms. The zero-order valence-electron chi connectivity index (χ0n) is 11.4. The second kappa shape index (κ2) is 6.06. The smallest absolute Gasteiger partial charge is 0.312 e. The van der Waals surface area contributed by atoms with E-state index in [2.05, 4.69) is 11.4 Å². The minimum Gasteiger partial charge on any atom is -0.490 e. The molecule has 2 aromatic rings. The van der Waals surface area contributed by atoms with Crippen molar-refractivity contribution in [2.75, 3.05) is 12.4 Å². The standard InChI is InChI=1S/C15H16N2O3/c1-11-4-3-5-12(8-11)10-16-13-6-7-15(20-2)14(9-13)17(18)19/h3-9,16H,10H2,1-2H3. The molecule has 104 valence electrons. The summed E-state index contributed by atoms with van der Waals surface area (Å²) in [6.45, 7) is 2.65. The molecular formula is C15H16N2O3. The van der Waals surface area contributed by atoms with Crippen LogP contribution in [0.3, 0.4) is 0 Å². The molecular weight excluding hydrogens is 256 g/mol. The number of ether oxygens (including phenoxy) is 1. The fourth-order valence-electron chi connectivity index (χ4n) is 1.97. The van der Waals surface area contributed by atoms with Crippen LogP contribution in [0.2, 0.25) is 0 Å². The molecule has 0 atom stereocenters. The Balaban J connectivity index is 2.14. The van der Waals surface area contributed by atoms with Gasteiger partial charge in [0, 0.05) is 18.3 Å². The minimum absolute atomic E-state index is 0.0401. The van der Waals surface area contributed by atoms with E-state index < -0.39 is 4.92 Å². The Labute approximate surface area is 117 Å². The number of nitro benzene ring substituents is 1. The van der Waals surface area contributed by atoms with Crippen LogP contribution < -0.4 is 10.1 Å². The van der Waals surface area contributed by atoms with Crippen molar-refractivity contribution < 1.29 is 9.66 Å². The summed E-state index contributed by atoms with van der Waals surface area (Å²) in [4.78, 5) is 10.5. The third kappa shape index (κ3) is 3.26. The number of hydrogen-bond donors (Lipinski definition) is 1. The summed E-state index contributed by atoms with van der Waals surface area (Å²) in [6.07, 6.45) is 0. The van der Waals surface area contributed by atoms with Gasteiger partial charge in [0.15, 0.2) is 5.75 Å². The first-order chi connectivity index (χ1) is 9.60. The largest absolute Gasteiger partial charge is 0.490 e. The van der Waals surface area contributed by atoms with E-state index in [9.17, 15) is 10.1 Å². The van der Waals surface area contributed by atoms with E-state index in [0.717, 1.165) is 5.56 Å². The maximum atomic E-state index is 10.9. The van der Waals surface area contributed by atoms with Crippen molar-refractivity contribution in [2.24, 2.45) is 0 Å². The third-order valence-corrected chi connectivity index (χ3v) is 2.95. The number of methoxy groups -OCH3 is 1. The number of hydrogen-bond acceptors (Lipinski definition) is 4. The van der Waals surface area contributed by atoms with Gasteiger partial charge in [-0.25, -0.2) is 0 Å². The molecule has 0 aromatic heterocycles. The molecule has 0 amide bonds. The molecule has 0 aliphatic carbocycles. The quantitative estimate of drug-likeness (QED) is 0.668. The first kappa shape index (κ1) is 13.9. The van der Waals surface area contributed by atoms with E-state index >= 15 is 0 Å². The molecule has 0 heterocycles. The topological polar surface area (TPSA) is 64.4 Å². The van der Waals surface area contributed by atoms with Crippen LogP contribution in [-0.4, -0.2) is 12.0 Å². The van der Waals surface area contributed by atoms with Gasteiger partial charge < -0.3 is 10.1 Å². The zero-order chi connectivity index (χ0) is 14.5. The first-order valence-corrected chi connectivity index (χ1v) is 6.22. The Morgan fingerprint density at radius 3 is 2.70 bits per heavy atom. The third-order valence-electron chi connectivity index (χ3n) is 2.95. The zero-order valence-corrected chi connectivity index (χ0v) is 11.4. The molecule has 0 fully saturated rings. The van der Waals surface area contributed by atoms with Crippen LogP contribution >= 0.6 is 0 Å². The lowest BCUT2D eigenvalue weighted by atomic mass is 10.1. The van der Waals surface area contributed by atoms with Gasteiger partial charge in [-0.3, -0.25) is 10.1 Å². The van der Waals surface area contributed by atoms with Gasteiger partial charge in [-0.15, -0.1) is 0 Å². The van der Waals surface area contributed by atoms with Gasteiger partial charge in [-0.1, -0.05) is 29.8 Å². The predicted molar refractivity (Wildman–Crippen MR) is 78.2 cm³/mol. The average Bonchev–Trinajstić information content (AvgIpc) is 2.45. The molecule has 0 aliphatic rings. The Bertz CT molecular complexity index is 626. The van der Waals surface area contributed by atoms with Gasteiger partial charge in [0.2, 0.25) is 0 Å². The number of nitrogens with zero attached hydrogens (tertiary/aromatic N) is 1. The number of benzene rings is 2. The highest BCUT2D eigenvalue weighted by molar-refractivity contribution is 5.58. The van der Waals surface area contributed by atoms with Gasteiger partial charge in [-0.05, 0) is 24.6 Å². The fourth-order valence-corrected chi connectivity index (χ4v) is 1.97. The summed E-state index contributed by atoms with van der Waals surface area (Å²) < 4.78 is 4.97. The molecule has 5 heteroatoms. The summed E-state index contributed by atoms with van der Waals surface area (Å²) in [5.41, 5.74) is 2.97. The van der Waals surface area contributed by atoms with Gasteiger partial charge in [-0.2, -0.15) is 0 Å². The van der Waals surface area contributed by atoms with E-state index in [1.807, 2.05) is 25.1 Å². The molecule has 20 heavy (non-hydrogen) atoms. The van der Waals surface area contributed by atoms with Crippen molar-refractivity contribution in [3.63, 3.8) is 0 Å². The Kier molecular flexibility index (Phi) is 4.20. The van der Waals surface area contributed by atoms with Crippen molar-refractivity contribution in [2.45, 2.75) is 13.5 Å². The maximum absolute atomic E-state index is 10.9. The fraction of sp³-hybridized carbons (Fsp3) is 0.200. The van der Waals surface area contributed by atoms with E-state index in [0.29, 0.717) is 12.2 Å². The summed E-state index contributed by atoms with van der Waals surface area (Å²) in [5, 5.41) is 14.1. The van der Waals surface area contributed by atoms with Gasteiger partial charge in [0.05, 0.1) is 12.0 Å². The molecule has 0 unspecified atom stereocenters. The predicted octanol–water partition coefficient (Wildman–Crippen LogP) is 3.52. The number of rotatable bonds is 5. The summed E-state index contributed by atoms with van der Waals surface area (Å²) >= 11 is 0. The maximum Gasteiger partial charge on any atom is 0.312 e. The lowest BCUT2D eigenvalue weighted by molar-refractivity contribution is -0.385. The van der Waals surface area contributed by atoms with Crippen molar-refractivity contribution in [3.8, 4) is 5.75 Å². The second-order valence-electron chi connectivity index (χ2n) is 4.49. The summed E-state index contributed by atoms with van der Waals surface area (Å²) in [5.74, 6) is 0.260. The van der Waals surface area contributed by atoms with Crippen LogP contribution in [0.15, 0.2) is 42.5 Å². The SMILES string of the molecule is COc1ccc(NCc2cccc(C)c2)cc1[N+](=O)[O-]. The van der Waals surface area contributed by atoms with Gasteiger partial charge in [0.25, 0.3) is 0 Å². The highest BCUT2D eigenvalue weighted by Gasteiger charge is 2.14. The van der Waals surface area contributed by atoms with E-state index in [1.54, 1.807) is 12.1 Å². The van der Waals surface area contributed by atoms with Crippen molar-refractivity contribution in [1.29, 1.82) is 0 Å². The Morgan fingerprint density at radius 2 is 2.05 bits per heavy atom. The minimum atomic E-state index is -0.448. The van der Waals surface area contributed by atoms with Crippen molar-refractivity contribution in [1.82, 2.24) is 0 Å². The summed E-state index contributed by atoms with van der Waals surface area (Å²) in [7, 11) is 1.42. The van der Waals surface area contributed by atoms with Crippen LogP contribution in [0.4, 0.5) is 11.4 Å². The molecule has 2 rings (SSSR count). The van der Waals surface area contributed by atoms with Gasteiger partial charge in [0.1, 0.15) is 0 Å². The number of nitrogens with one attached hydrogen (secondary N) is 1. The summed E-state index contributed by atoms with van der Waals surface area (Å²) in [6, 6.07) is 12.9. The number of nitro groups is 1. The van der Waals surface area contributed by atoms with E-state index in [1.165, 1.54) is 18.7 Å². The second-order valence-corrected chi connectivity index (χ2v) is 4.49. The molecule has 0 saturated heterocycles. The van der Waals surface area contributed by atoms with Crippen molar-refractivity contribution in [3.05, 3.63) is 63.7 Å². The first-order valence-electron chi connectivity index (χ1n) is 6.22. The van der Waals surface area contributed by atoms with Crippen LogP contribution in [0.25, 0.3) is 0 Å². The van der Waals surface area contributed by atoms with Crippen LogP contribution in [0, 0.1) is 17.0 Å². The molecule has 5 nitrogen and oxygen atoms in total. The number of anilines is 1. The molecule has 1 N–H and O–H groups in total. The molecule has 0 saturated carbocycles. The van der Waals surface area contributed by atoms with Crippen LogP contribution in [0.1, 0.15) is 11.1 Å². The highest BCUT2D eigenvalue weighted by atomic mass is 16.6. The van der Waals surface area contributed by atoms with Gasteiger partial charge >= 0.3 is 5.69 Å². The molecule has 0 spiro atoms.